The summed E-state index contributed by atoms with van der Waals surface area (Å²) in [5, 5.41) is 9.32. The lowest BCUT2D eigenvalue weighted by Crippen LogP contribution is -2.43. The predicted octanol–water partition coefficient (Wildman–Crippen LogP) is -0.798. The van der Waals surface area contributed by atoms with Crippen molar-refractivity contribution in [3.8, 4) is 0 Å². The largest absolute Gasteiger partial charge is 0.354 e. The van der Waals surface area contributed by atoms with Crippen LogP contribution in [0.4, 0.5) is 0 Å². The van der Waals surface area contributed by atoms with Crippen molar-refractivity contribution in [2.75, 3.05) is 13.1 Å². The second-order valence-corrected chi connectivity index (χ2v) is 3.92. The SMILES string of the molecule is CC1CN=C(NCC2CCC(=O)N2)N1. The molecule has 0 saturated carbocycles. The van der Waals surface area contributed by atoms with Gasteiger partial charge in [-0.1, -0.05) is 0 Å². The summed E-state index contributed by atoms with van der Waals surface area (Å²) in [7, 11) is 0. The number of carbonyl (C=O) groups excluding carboxylic acids is 1. The number of nitrogens with one attached hydrogen (secondary N) is 3. The third-order valence-electron chi connectivity index (χ3n) is 2.51. The van der Waals surface area contributed by atoms with Gasteiger partial charge in [0.1, 0.15) is 0 Å². The fourth-order valence-electron chi connectivity index (χ4n) is 1.71. The average Bonchev–Trinajstić information content (AvgIpc) is 2.72. The van der Waals surface area contributed by atoms with Crippen LogP contribution in [0, 0.1) is 0 Å². The van der Waals surface area contributed by atoms with E-state index in [1.165, 1.54) is 0 Å². The van der Waals surface area contributed by atoms with Gasteiger partial charge in [0.25, 0.3) is 0 Å². The second-order valence-electron chi connectivity index (χ2n) is 3.92. The maximum absolute atomic E-state index is 10.9. The van der Waals surface area contributed by atoms with E-state index in [2.05, 4.69) is 27.9 Å². The summed E-state index contributed by atoms with van der Waals surface area (Å²) in [5.41, 5.74) is 0. The van der Waals surface area contributed by atoms with Crippen LogP contribution in [-0.4, -0.2) is 37.0 Å². The van der Waals surface area contributed by atoms with Crippen LogP contribution in [0.3, 0.4) is 0 Å². The maximum Gasteiger partial charge on any atom is 0.220 e. The van der Waals surface area contributed by atoms with E-state index in [-0.39, 0.29) is 11.9 Å². The van der Waals surface area contributed by atoms with Crippen LogP contribution in [0.1, 0.15) is 19.8 Å². The summed E-state index contributed by atoms with van der Waals surface area (Å²) in [6.07, 6.45) is 1.58. The Balaban J connectivity index is 1.70. The summed E-state index contributed by atoms with van der Waals surface area (Å²) in [5.74, 6) is 1.02. The summed E-state index contributed by atoms with van der Waals surface area (Å²) < 4.78 is 0. The van der Waals surface area contributed by atoms with Gasteiger partial charge in [0.2, 0.25) is 5.91 Å². The van der Waals surface area contributed by atoms with Crippen molar-refractivity contribution in [3.05, 3.63) is 0 Å². The fourth-order valence-corrected chi connectivity index (χ4v) is 1.71. The molecule has 5 nitrogen and oxygen atoms in total. The van der Waals surface area contributed by atoms with Crippen molar-refractivity contribution < 1.29 is 4.79 Å². The maximum atomic E-state index is 10.9. The number of guanidine groups is 1. The quantitative estimate of drug-likeness (QED) is 0.542. The number of nitrogens with zero attached hydrogens (tertiary/aromatic N) is 1. The number of hydrogen-bond acceptors (Lipinski definition) is 4. The van der Waals surface area contributed by atoms with E-state index in [0.29, 0.717) is 12.5 Å². The zero-order chi connectivity index (χ0) is 9.97. The van der Waals surface area contributed by atoms with Gasteiger partial charge in [-0.2, -0.15) is 0 Å². The van der Waals surface area contributed by atoms with E-state index in [4.69, 9.17) is 0 Å². The van der Waals surface area contributed by atoms with Crippen molar-refractivity contribution in [2.24, 2.45) is 4.99 Å². The van der Waals surface area contributed by atoms with Gasteiger partial charge in [-0.3, -0.25) is 9.79 Å². The summed E-state index contributed by atoms with van der Waals surface area (Å²) in [6.45, 7) is 3.69. The molecule has 3 N–H and O–H groups in total. The Labute approximate surface area is 83.4 Å². The molecule has 2 atom stereocenters. The van der Waals surface area contributed by atoms with Gasteiger partial charge in [0.15, 0.2) is 5.96 Å². The Kier molecular flexibility index (Phi) is 2.56. The van der Waals surface area contributed by atoms with Crippen LogP contribution < -0.4 is 16.0 Å². The van der Waals surface area contributed by atoms with Crippen molar-refractivity contribution in [1.29, 1.82) is 0 Å². The molecule has 0 aromatic carbocycles. The van der Waals surface area contributed by atoms with E-state index in [1.807, 2.05) is 0 Å². The van der Waals surface area contributed by atoms with Gasteiger partial charge in [-0.25, -0.2) is 0 Å². The molecule has 0 aromatic heterocycles. The van der Waals surface area contributed by atoms with E-state index in [9.17, 15) is 4.79 Å². The molecule has 1 fully saturated rings. The first-order valence-corrected chi connectivity index (χ1v) is 5.08. The Morgan fingerprint density at radius 3 is 3.00 bits per heavy atom. The lowest BCUT2D eigenvalue weighted by molar-refractivity contribution is -0.119. The predicted molar refractivity (Wildman–Crippen MR) is 54.1 cm³/mol. The van der Waals surface area contributed by atoms with Crippen LogP contribution in [0.5, 0.6) is 0 Å². The summed E-state index contributed by atoms with van der Waals surface area (Å²) >= 11 is 0. The van der Waals surface area contributed by atoms with Gasteiger partial charge < -0.3 is 16.0 Å². The molecule has 1 saturated heterocycles. The van der Waals surface area contributed by atoms with E-state index >= 15 is 0 Å². The van der Waals surface area contributed by atoms with Crippen LogP contribution in [0.25, 0.3) is 0 Å². The molecular formula is C9H16N4O. The van der Waals surface area contributed by atoms with Crippen molar-refractivity contribution in [3.63, 3.8) is 0 Å². The molecule has 0 spiro atoms. The first kappa shape index (κ1) is 9.30. The van der Waals surface area contributed by atoms with E-state index < -0.39 is 0 Å². The number of rotatable bonds is 2. The third-order valence-corrected chi connectivity index (χ3v) is 2.51. The summed E-state index contributed by atoms with van der Waals surface area (Å²) in [6, 6.07) is 0.693. The monoisotopic (exact) mass is 196 g/mol. The number of carbonyl (C=O) groups is 1. The van der Waals surface area contributed by atoms with Crippen molar-refractivity contribution >= 4 is 11.9 Å². The molecule has 5 heteroatoms. The molecule has 78 valence electrons. The first-order valence-electron chi connectivity index (χ1n) is 5.08. The van der Waals surface area contributed by atoms with Crippen LogP contribution >= 0.6 is 0 Å². The molecular weight excluding hydrogens is 180 g/mol. The van der Waals surface area contributed by atoms with Gasteiger partial charge >= 0.3 is 0 Å². The van der Waals surface area contributed by atoms with E-state index in [1.54, 1.807) is 0 Å². The van der Waals surface area contributed by atoms with E-state index in [0.717, 1.165) is 25.5 Å². The minimum absolute atomic E-state index is 0.159. The lowest BCUT2D eigenvalue weighted by atomic mass is 10.2. The molecule has 2 aliphatic rings. The van der Waals surface area contributed by atoms with Crippen LogP contribution in [-0.2, 0) is 4.79 Å². The van der Waals surface area contributed by atoms with Crippen molar-refractivity contribution in [1.82, 2.24) is 16.0 Å². The second kappa shape index (κ2) is 3.86. The van der Waals surface area contributed by atoms with Gasteiger partial charge in [-0.15, -0.1) is 0 Å². The minimum atomic E-state index is 0.159. The highest BCUT2D eigenvalue weighted by atomic mass is 16.1. The van der Waals surface area contributed by atoms with Crippen molar-refractivity contribution in [2.45, 2.75) is 31.8 Å². The lowest BCUT2D eigenvalue weighted by Gasteiger charge is -2.13. The first-order chi connectivity index (χ1) is 6.74. The summed E-state index contributed by atoms with van der Waals surface area (Å²) in [4.78, 5) is 15.2. The number of amides is 1. The Morgan fingerprint density at radius 1 is 1.57 bits per heavy atom. The topological polar surface area (TPSA) is 65.5 Å². The van der Waals surface area contributed by atoms with Gasteiger partial charge in [0.05, 0.1) is 6.54 Å². The molecule has 2 rings (SSSR count). The highest BCUT2D eigenvalue weighted by Crippen LogP contribution is 2.05. The molecule has 2 unspecified atom stereocenters. The van der Waals surface area contributed by atoms with Gasteiger partial charge in [0, 0.05) is 25.0 Å². The number of hydrogen-bond donors (Lipinski definition) is 3. The highest BCUT2D eigenvalue weighted by molar-refractivity contribution is 5.82. The smallest absolute Gasteiger partial charge is 0.220 e. The van der Waals surface area contributed by atoms with Crippen LogP contribution in [0.2, 0.25) is 0 Å². The van der Waals surface area contributed by atoms with Gasteiger partial charge in [-0.05, 0) is 13.3 Å². The molecule has 14 heavy (non-hydrogen) atoms. The molecule has 0 radical (unpaired) electrons. The molecule has 0 bridgehead atoms. The zero-order valence-electron chi connectivity index (χ0n) is 8.34. The zero-order valence-corrected chi connectivity index (χ0v) is 8.34. The Hall–Kier alpha value is -1.26. The molecule has 1 amide bonds. The Bertz CT molecular complexity index is 264. The Morgan fingerprint density at radius 2 is 2.43 bits per heavy atom. The normalized spacial score (nSPS) is 30.9. The van der Waals surface area contributed by atoms with Crippen LogP contribution in [0.15, 0.2) is 4.99 Å². The minimum Gasteiger partial charge on any atom is -0.354 e. The highest BCUT2D eigenvalue weighted by Gasteiger charge is 2.21. The third kappa shape index (κ3) is 2.16. The standard InChI is InChI=1S/C9H16N4O/c1-6-4-10-9(12-6)11-5-7-2-3-8(14)13-7/h6-7H,2-5H2,1H3,(H,13,14)(H2,10,11,12). The fraction of sp³-hybridized carbons (Fsp3) is 0.778. The molecule has 2 aliphatic heterocycles. The molecule has 2 heterocycles. The average molecular weight is 196 g/mol. The molecule has 0 aliphatic carbocycles. The number of aliphatic imine (C=N–C) groups is 1. The molecule has 0 aromatic rings.